The van der Waals surface area contributed by atoms with E-state index >= 15 is 0 Å². The Balaban J connectivity index is 1.75. The molecule has 152 valence electrons. The molecule has 1 heterocycles. The first-order chi connectivity index (χ1) is 13.9. The van der Waals surface area contributed by atoms with Crippen LogP contribution in [0.3, 0.4) is 0 Å². The van der Waals surface area contributed by atoms with Gasteiger partial charge in [-0.3, -0.25) is 15.6 Å². The van der Waals surface area contributed by atoms with Crippen molar-refractivity contribution in [2.24, 2.45) is 5.10 Å². The summed E-state index contributed by atoms with van der Waals surface area (Å²) >= 11 is 0. The number of hydrazone groups is 1. The van der Waals surface area contributed by atoms with Gasteiger partial charge < -0.3 is 0 Å². The van der Waals surface area contributed by atoms with E-state index in [2.05, 4.69) is 22.5 Å². The molecule has 2 aromatic carbocycles. The van der Waals surface area contributed by atoms with Crippen LogP contribution in [0, 0.1) is 0 Å². The molecule has 0 bridgehead atoms. The average Bonchev–Trinajstić information content (AvgIpc) is 3.01. The summed E-state index contributed by atoms with van der Waals surface area (Å²) in [6.07, 6.45) is 0. The predicted molar refractivity (Wildman–Crippen MR) is 114 cm³/mol. The fourth-order valence-electron chi connectivity index (χ4n) is 2.88. The third-order valence-electron chi connectivity index (χ3n) is 4.45. The number of carbonyl (C=O) groups is 1. The molecular weight excluding hydrogens is 390 g/mol. The molecule has 1 aliphatic rings. The highest BCUT2D eigenvalue weighted by atomic mass is 32.2. The predicted octanol–water partition coefficient (Wildman–Crippen LogP) is 2.55. The Morgan fingerprint density at radius 1 is 1.07 bits per heavy atom. The number of sulfonamides is 1. The number of rotatable bonds is 7. The van der Waals surface area contributed by atoms with Gasteiger partial charge in [-0.1, -0.05) is 38.6 Å². The number of carbonyl (C=O) groups excluding carboxylic acids is 1. The van der Waals surface area contributed by atoms with Gasteiger partial charge in [-0.05, 0) is 36.4 Å². The van der Waals surface area contributed by atoms with Crippen LogP contribution in [0.4, 0.5) is 11.4 Å². The molecule has 9 heteroatoms. The lowest BCUT2D eigenvalue weighted by Gasteiger charge is -2.18. The van der Waals surface area contributed by atoms with E-state index in [1.165, 1.54) is 21.4 Å². The minimum Gasteiger partial charge on any atom is -0.289 e. The molecule has 2 aromatic rings. The van der Waals surface area contributed by atoms with Crippen LogP contribution in [0.5, 0.6) is 0 Å². The normalized spacial score (nSPS) is 15.8. The molecule has 0 atom stereocenters. The molecule has 1 aliphatic heterocycles. The molecule has 0 radical (unpaired) electrons. The van der Waals surface area contributed by atoms with Crippen LogP contribution in [-0.4, -0.2) is 37.4 Å². The van der Waals surface area contributed by atoms with Gasteiger partial charge in [-0.2, -0.15) is 9.41 Å². The summed E-state index contributed by atoms with van der Waals surface area (Å²) in [7, 11) is -3.52. The molecule has 1 saturated heterocycles. The van der Waals surface area contributed by atoms with Crippen molar-refractivity contribution in [2.75, 3.05) is 23.5 Å². The van der Waals surface area contributed by atoms with Crippen LogP contribution in [0.15, 0.2) is 76.9 Å². The van der Waals surface area contributed by atoms with Crippen LogP contribution in [0.1, 0.15) is 13.8 Å². The summed E-state index contributed by atoms with van der Waals surface area (Å²) in [5.41, 5.74) is 7.42. The summed E-state index contributed by atoms with van der Waals surface area (Å²) in [4.78, 5) is 12.8. The summed E-state index contributed by atoms with van der Waals surface area (Å²) in [5, 5.41) is 5.51. The molecule has 2 N–H and O–H groups in total. The zero-order valence-electron chi connectivity index (χ0n) is 16.3. The Labute approximate surface area is 170 Å². The second kappa shape index (κ2) is 8.46. The van der Waals surface area contributed by atoms with E-state index in [-0.39, 0.29) is 16.5 Å². The van der Waals surface area contributed by atoms with Gasteiger partial charge >= 0.3 is 0 Å². The molecule has 8 nitrogen and oxygen atoms in total. The van der Waals surface area contributed by atoms with Crippen LogP contribution < -0.4 is 15.9 Å². The fraction of sp³-hybridized carbons (Fsp3) is 0.200. The molecule has 0 saturated carbocycles. The van der Waals surface area contributed by atoms with Crippen molar-refractivity contribution >= 4 is 33.0 Å². The standard InChI is InChI=1S/C20H23N5O3S/c1-4-24(5-2)29(27,28)18-13-11-16(12-14-18)21-22-19-15(3)23-25(20(19)26)17-9-7-6-8-10-17/h6-14,21,23H,3-5H2,1-2H3/b22-19-. The summed E-state index contributed by atoms with van der Waals surface area (Å²) in [5.74, 6) is -0.338. The smallest absolute Gasteiger partial charge is 0.289 e. The number of hydrogen-bond acceptors (Lipinski definition) is 6. The fourth-order valence-corrected chi connectivity index (χ4v) is 4.34. The van der Waals surface area contributed by atoms with E-state index in [4.69, 9.17) is 0 Å². The van der Waals surface area contributed by atoms with Gasteiger partial charge in [0.25, 0.3) is 5.91 Å². The van der Waals surface area contributed by atoms with E-state index < -0.39 is 10.0 Å². The van der Waals surface area contributed by atoms with E-state index in [0.29, 0.717) is 30.2 Å². The van der Waals surface area contributed by atoms with Gasteiger partial charge in [0.2, 0.25) is 10.0 Å². The monoisotopic (exact) mass is 413 g/mol. The first-order valence-electron chi connectivity index (χ1n) is 9.17. The first kappa shape index (κ1) is 20.6. The summed E-state index contributed by atoms with van der Waals surface area (Å²) < 4.78 is 26.5. The molecule has 1 amide bonds. The lowest BCUT2D eigenvalue weighted by molar-refractivity contribution is -0.112. The van der Waals surface area contributed by atoms with Crippen LogP contribution in [-0.2, 0) is 14.8 Å². The quantitative estimate of drug-likeness (QED) is 0.681. The van der Waals surface area contributed by atoms with Crippen molar-refractivity contribution in [3.63, 3.8) is 0 Å². The largest absolute Gasteiger partial charge is 0.299 e. The van der Waals surface area contributed by atoms with E-state index in [1.807, 2.05) is 18.2 Å². The number of amides is 1. The van der Waals surface area contributed by atoms with E-state index in [9.17, 15) is 13.2 Å². The number of benzene rings is 2. The highest BCUT2D eigenvalue weighted by Crippen LogP contribution is 2.20. The van der Waals surface area contributed by atoms with Gasteiger partial charge in [-0.15, -0.1) is 0 Å². The topological polar surface area (TPSA) is 94.1 Å². The number of hydrogen-bond donors (Lipinski definition) is 2. The lowest BCUT2D eigenvalue weighted by atomic mass is 10.3. The highest BCUT2D eigenvalue weighted by Gasteiger charge is 2.32. The number of anilines is 2. The Hall–Kier alpha value is -3.17. The minimum atomic E-state index is -3.52. The maximum Gasteiger partial charge on any atom is 0.299 e. The Morgan fingerprint density at radius 3 is 2.28 bits per heavy atom. The minimum absolute atomic E-state index is 0.147. The van der Waals surface area contributed by atoms with Crippen molar-refractivity contribution < 1.29 is 13.2 Å². The van der Waals surface area contributed by atoms with Crippen molar-refractivity contribution in [3.8, 4) is 0 Å². The molecule has 1 fully saturated rings. The molecular formula is C20H23N5O3S. The molecule has 0 aliphatic carbocycles. The van der Waals surface area contributed by atoms with Crippen LogP contribution in [0.2, 0.25) is 0 Å². The average molecular weight is 414 g/mol. The summed E-state index contributed by atoms with van der Waals surface area (Å²) in [6.45, 7) is 8.23. The zero-order chi connectivity index (χ0) is 21.0. The Morgan fingerprint density at radius 2 is 1.69 bits per heavy atom. The lowest BCUT2D eigenvalue weighted by Crippen LogP contribution is -2.34. The van der Waals surface area contributed by atoms with E-state index in [0.717, 1.165) is 0 Å². The van der Waals surface area contributed by atoms with Gasteiger partial charge in [0.15, 0.2) is 5.71 Å². The molecule has 29 heavy (non-hydrogen) atoms. The number of nitrogens with one attached hydrogen (secondary N) is 2. The van der Waals surface area contributed by atoms with Crippen molar-refractivity contribution in [1.82, 2.24) is 9.73 Å². The van der Waals surface area contributed by atoms with Crippen molar-refractivity contribution in [2.45, 2.75) is 18.7 Å². The Kier molecular flexibility index (Phi) is 6.00. The molecule has 0 aromatic heterocycles. The third kappa shape index (κ3) is 4.15. The highest BCUT2D eigenvalue weighted by molar-refractivity contribution is 7.89. The van der Waals surface area contributed by atoms with Crippen molar-refractivity contribution in [3.05, 3.63) is 66.9 Å². The Bertz CT molecular complexity index is 1030. The van der Waals surface area contributed by atoms with Crippen LogP contribution >= 0.6 is 0 Å². The first-order valence-corrected chi connectivity index (χ1v) is 10.6. The third-order valence-corrected chi connectivity index (χ3v) is 6.51. The van der Waals surface area contributed by atoms with Gasteiger partial charge in [-0.25, -0.2) is 13.4 Å². The van der Waals surface area contributed by atoms with Gasteiger partial charge in [0.1, 0.15) is 0 Å². The SMILES string of the molecule is C=C1NN(c2ccccc2)C(=O)/C1=N\Nc1ccc(S(=O)(=O)N(CC)CC)cc1. The second-order valence-electron chi connectivity index (χ2n) is 6.25. The number of para-hydroxylation sites is 1. The number of hydrazine groups is 1. The maximum absolute atomic E-state index is 12.6. The molecule has 3 rings (SSSR count). The van der Waals surface area contributed by atoms with Gasteiger partial charge in [0, 0.05) is 13.1 Å². The van der Waals surface area contributed by atoms with E-state index in [1.54, 1.807) is 38.1 Å². The maximum atomic E-state index is 12.6. The number of nitrogens with zero attached hydrogens (tertiary/aromatic N) is 3. The van der Waals surface area contributed by atoms with Gasteiger partial charge in [0.05, 0.1) is 22.0 Å². The molecule has 0 spiro atoms. The van der Waals surface area contributed by atoms with Crippen LogP contribution in [0.25, 0.3) is 0 Å². The van der Waals surface area contributed by atoms with Crippen molar-refractivity contribution in [1.29, 1.82) is 0 Å². The summed E-state index contributed by atoms with van der Waals surface area (Å²) in [6, 6.07) is 15.3. The zero-order valence-corrected chi connectivity index (χ0v) is 17.1. The molecule has 0 unspecified atom stereocenters. The second-order valence-corrected chi connectivity index (χ2v) is 8.19.